The molecule has 0 unspecified atom stereocenters. The topological polar surface area (TPSA) is 46.2 Å². The molecule has 2 rings (SSSR count). The minimum Gasteiger partial charge on any atom is -0.279 e. The van der Waals surface area contributed by atoms with Gasteiger partial charge in [-0.3, -0.25) is 4.72 Å². The summed E-state index contributed by atoms with van der Waals surface area (Å²) in [6.07, 6.45) is 1.21. The summed E-state index contributed by atoms with van der Waals surface area (Å²) in [5.74, 6) is -0.784. The van der Waals surface area contributed by atoms with Crippen LogP contribution >= 0.6 is 11.6 Å². The third kappa shape index (κ3) is 3.25. The highest BCUT2D eigenvalue weighted by molar-refractivity contribution is 7.92. The lowest BCUT2D eigenvalue weighted by Crippen LogP contribution is -2.17. The summed E-state index contributed by atoms with van der Waals surface area (Å²) in [4.78, 5) is -0.376. The van der Waals surface area contributed by atoms with Crippen LogP contribution in [0.2, 0.25) is 5.02 Å². The Labute approximate surface area is 135 Å². The van der Waals surface area contributed by atoms with Gasteiger partial charge in [-0.05, 0) is 42.2 Å². The minimum absolute atomic E-state index is 0.376. The highest BCUT2D eigenvalue weighted by Crippen LogP contribution is 2.31. The third-order valence-corrected chi connectivity index (χ3v) is 5.18. The average molecular weight is 342 g/mol. The number of hydrogen-bond donors (Lipinski definition) is 1. The number of hydrogen-bond acceptors (Lipinski definition) is 2. The fourth-order valence-corrected chi connectivity index (χ4v) is 3.80. The standard InChI is InChI=1S/C16H17ClFNO2S/c1-3-11-9-10-13(17)12(4-2)16(11)19-22(20,21)15-8-6-5-7-14(15)18/h5-10,19H,3-4H2,1-2H3. The number of nitrogens with one attached hydrogen (secondary N) is 1. The first-order chi connectivity index (χ1) is 10.4. The van der Waals surface area contributed by atoms with Crippen molar-refractivity contribution in [3.63, 3.8) is 0 Å². The average Bonchev–Trinajstić information content (AvgIpc) is 2.48. The van der Waals surface area contributed by atoms with Crippen LogP contribution in [0.1, 0.15) is 25.0 Å². The van der Waals surface area contributed by atoms with Gasteiger partial charge in [0.05, 0.1) is 5.69 Å². The highest BCUT2D eigenvalue weighted by atomic mass is 35.5. The van der Waals surface area contributed by atoms with Crippen molar-refractivity contribution < 1.29 is 12.8 Å². The molecule has 0 aromatic heterocycles. The second kappa shape index (κ2) is 6.67. The number of anilines is 1. The normalized spacial score (nSPS) is 11.5. The predicted molar refractivity (Wildman–Crippen MR) is 87.4 cm³/mol. The Morgan fingerprint density at radius 1 is 1.09 bits per heavy atom. The van der Waals surface area contributed by atoms with E-state index in [9.17, 15) is 12.8 Å². The van der Waals surface area contributed by atoms with E-state index in [-0.39, 0.29) is 4.90 Å². The number of aryl methyl sites for hydroxylation is 1. The monoisotopic (exact) mass is 341 g/mol. The van der Waals surface area contributed by atoms with E-state index in [2.05, 4.69) is 4.72 Å². The Morgan fingerprint density at radius 2 is 1.77 bits per heavy atom. The zero-order chi connectivity index (χ0) is 16.3. The first-order valence-corrected chi connectivity index (χ1v) is 8.84. The van der Waals surface area contributed by atoms with Crippen LogP contribution in [0.4, 0.5) is 10.1 Å². The van der Waals surface area contributed by atoms with E-state index in [1.54, 1.807) is 12.1 Å². The third-order valence-electron chi connectivity index (χ3n) is 3.44. The van der Waals surface area contributed by atoms with Crippen LogP contribution in [0.3, 0.4) is 0 Å². The molecule has 6 heteroatoms. The van der Waals surface area contributed by atoms with Crippen LogP contribution in [0.15, 0.2) is 41.3 Å². The fraction of sp³-hybridized carbons (Fsp3) is 0.250. The van der Waals surface area contributed by atoms with Gasteiger partial charge in [0, 0.05) is 5.02 Å². The SMILES string of the molecule is CCc1ccc(Cl)c(CC)c1NS(=O)(=O)c1ccccc1F. The Balaban J connectivity index is 2.55. The second-order valence-electron chi connectivity index (χ2n) is 4.80. The largest absolute Gasteiger partial charge is 0.279 e. The zero-order valence-electron chi connectivity index (χ0n) is 12.4. The molecule has 118 valence electrons. The van der Waals surface area contributed by atoms with Gasteiger partial charge in [0.15, 0.2) is 0 Å². The Kier molecular flexibility index (Phi) is 5.08. The van der Waals surface area contributed by atoms with Gasteiger partial charge in [-0.2, -0.15) is 0 Å². The van der Waals surface area contributed by atoms with Crippen LogP contribution < -0.4 is 4.72 Å². The summed E-state index contributed by atoms with van der Waals surface area (Å²) in [6, 6.07) is 8.81. The lowest BCUT2D eigenvalue weighted by molar-refractivity contribution is 0.570. The molecule has 22 heavy (non-hydrogen) atoms. The molecular weight excluding hydrogens is 325 g/mol. The lowest BCUT2D eigenvalue weighted by Gasteiger charge is -2.17. The maximum atomic E-state index is 13.8. The molecule has 1 N–H and O–H groups in total. The van der Waals surface area contributed by atoms with Crippen molar-refractivity contribution in [1.82, 2.24) is 0 Å². The number of rotatable bonds is 5. The molecule has 0 fully saturated rings. The van der Waals surface area contributed by atoms with Gasteiger partial charge in [-0.15, -0.1) is 0 Å². The molecule has 2 aromatic rings. The van der Waals surface area contributed by atoms with Crippen LogP contribution in [0.5, 0.6) is 0 Å². The molecule has 0 atom stereocenters. The maximum absolute atomic E-state index is 13.8. The summed E-state index contributed by atoms with van der Waals surface area (Å²) in [5, 5.41) is 0.492. The number of sulfonamides is 1. The number of halogens is 2. The van der Waals surface area contributed by atoms with Crippen LogP contribution in [-0.2, 0) is 22.9 Å². The molecule has 0 spiro atoms. The van der Waals surface area contributed by atoms with E-state index in [0.29, 0.717) is 29.1 Å². The van der Waals surface area contributed by atoms with Crippen molar-refractivity contribution in [3.8, 4) is 0 Å². The van der Waals surface area contributed by atoms with Crippen molar-refractivity contribution in [2.45, 2.75) is 31.6 Å². The van der Waals surface area contributed by atoms with E-state index in [4.69, 9.17) is 11.6 Å². The molecule has 3 nitrogen and oxygen atoms in total. The molecule has 2 aromatic carbocycles. The molecule has 0 amide bonds. The molecule has 0 bridgehead atoms. The van der Waals surface area contributed by atoms with Gasteiger partial charge in [0.2, 0.25) is 0 Å². The summed E-state index contributed by atoms with van der Waals surface area (Å²) in [7, 11) is -4.01. The predicted octanol–water partition coefficient (Wildman–Crippen LogP) is 4.40. The molecule has 0 aliphatic carbocycles. The van der Waals surface area contributed by atoms with E-state index in [1.807, 2.05) is 13.8 Å². The Bertz CT molecular complexity index is 791. The van der Waals surface area contributed by atoms with Gasteiger partial charge in [-0.1, -0.05) is 43.6 Å². The van der Waals surface area contributed by atoms with Gasteiger partial charge >= 0.3 is 0 Å². The van der Waals surface area contributed by atoms with Crippen molar-refractivity contribution in [2.24, 2.45) is 0 Å². The van der Waals surface area contributed by atoms with E-state index >= 15 is 0 Å². The maximum Gasteiger partial charge on any atom is 0.264 e. The Morgan fingerprint density at radius 3 is 2.36 bits per heavy atom. The van der Waals surface area contributed by atoms with Crippen molar-refractivity contribution in [3.05, 3.63) is 58.4 Å². The fourth-order valence-electron chi connectivity index (χ4n) is 2.29. The lowest BCUT2D eigenvalue weighted by atomic mass is 10.0. The van der Waals surface area contributed by atoms with Crippen LogP contribution in [0, 0.1) is 5.82 Å². The molecule has 0 aliphatic rings. The number of benzene rings is 2. The van der Waals surface area contributed by atoms with E-state index in [1.165, 1.54) is 18.2 Å². The van der Waals surface area contributed by atoms with Crippen molar-refractivity contribution in [1.29, 1.82) is 0 Å². The van der Waals surface area contributed by atoms with E-state index < -0.39 is 15.8 Å². The van der Waals surface area contributed by atoms with Crippen molar-refractivity contribution in [2.75, 3.05) is 4.72 Å². The van der Waals surface area contributed by atoms with E-state index in [0.717, 1.165) is 11.6 Å². The molecule has 0 saturated heterocycles. The quantitative estimate of drug-likeness (QED) is 0.875. The van der Waals surface area contributed by atoms with Crippen molar-refractivity contribution >= 4 is 27.3 Å². The first-order valence-electron chi connectivity index (χ1n) is 6.98. The second-order valence-corrected chi connectivity index (χ2v) is 6.86. The molecular formula is C16H17ClFNO2S. The summed E-state index contributed by atoms with van der Waals surface area (Å²) < 4.78 is 41.2. The van der Waals surface area contributed by atoms with Gasteiger partial charge in [0.25, 0.3) is 10.0 Å². The van der Waals surface area contributed by atoms with Gasteiger partial charge in [0.1, 0.15) is 10.7 Å². The zero-order valence-corrected chi connectivity index (χ0v) is 13.9. The Hall–Kier alpha value is -1.59. The summed E-state index contributed by atoms with van der Waals surface area (Å²) >= 11 is 6.16. The summed E-state index contributed by atoms with van der Waals surface area (Å²) in [6.45, 7) is 3.81. The van der Waals surface area contributed by atoms with Gasteiger partial charge in [-0.25, -0.2) is 12.8 Å². The molecule has 0 saturated carbocycles. The highest BCUT2D eigenvalue weighted by Gasteiger charge is 2.21. The smallest absolute Gasteiger partial charge is 0.264 e. The molecule has 0 heterocycles. The molecule has 0 aliphatic heterocycles. The first kappa shape index (κ1) is 16.8. The van der Waals surface area contributed by atoms with Crippen LogP contribution in [0.25, 0.3) is 0 Å². The minimum atomic E-state index is -4.01. The molecule has 0 radical (unpaired) electrons. The van der Waals surface area contributed by atoms with Crippen LogP contribution in [-0.4, -0.2) is 8.42 Å². The summed E-state index contributed by atoms with van der Waals surface area (Å²) in [5.41, 5.74) is 1.97. The van der Waals surface area contributed by atoms with Gasteiger partial charge < -0.3 is 0 Å².